The molecular weight excluding hydrogens is 254 g/mol. The van der Waals surface area contributed by atoms with Crippen LogP contribution in [0.4, 0.5) is 0 Å². The maximum atomic E-state index is 11.3. The number of likely N-dealkylation sites (N-methyl/N-ethyl adjacent to an activating group) is 1. The molecule has 4 amide bonds. The van der Waals surface area contributed by atoms with E-state index in [9.17, 15) is 19.2 Å². The van der Waals surface area contributed by atoms with E-state index in [1.165, 1.54) is 6.92 Å². The molecule has 0 aliphatic rings. The fraction of sp³-hybridized carbons (Fsp3) is 0.600. The van der Waals surface area contributed by atoms with Crippen molar-refractivity contribution in [2.75, 3.05) is 19.6 Å². The number of rotatable bonds is 7. The third-order valence-electron chi connectivity index (χ3n) is 1.89. The first-order chi connectivity index (χ1) is 8.86. The third-order valence-corrected chi connectivity index (χ3v) is 1.89. The fourth-order valence-electron chi connectivity index (χ4n) is 1.02. The van der Waals surface area contributed by atoms with Crippen LogP contribution in [0.2, 0.25) is 0 Å². The Hall–Kier alpha value is -2.16. The molecule has 0 aliphatic carbocycles. The minimum absolute atomic E-state index is 0.217. The minimum Gasteiger partial charge on any atom is -0.353 e. The van der Waals surface area contributed by atoms with Gasteiger partial charge in [-0.05, 0) is 6.92 Å². The van der Waals surface area contributed by atoms with Crippen LogP contribution in [-0.4, -0.2) is 49.4 Å². The van der Waals surface area contributed by atoms with E-state index in [1.807, 2.05) is 0 Å². The van der Waals surface area contributed by atoms with Crippen molar-refractivity contribution in [3.8, 4) is 0 Å². The molecule has 0 radical (unpaired) electrons. The van der Waals surface area contributed by atoms with Gasteiger partial charge >= 0.3 is 0 Å². The van der Waals surface area contributed by atoms with Crippen LogP contribution in [0.5, 0.6) is 0 Å². The van der Waals surface area contributed by atoms with Crippen LogP contribution >= 0.6 is 0 Å². The van der Waals surface area contributed by atoms with Gasteiger partial charge in [-0.3, -0.25) is 19.2 Å². The molecule has 0 spiro atoms. The number of amides is 4. The summed E-state index contributed by atoms with van der Waals surface area (Å²) in [5, 5.41) is 9.18. The molecule has 1 unspecified atom stereocenters. The van der Waals surface area contributed by atoms with Crippen molar-refractivity contribution < 1.29 is 19.2 Å². The molecule has 6 N–H and O–H groups in total. The average molecular weight is 273 g/mol. The van der Waals surface area contributed by atoms with Gasteiger partial charge in [0.25, 0.3) is 5.91 Å². The topological polar surface area (TPSA) is 142 Å². The molecule has 0 fully saturated rings. The van der Waals surface area contributed by atoms with Crippen molar-refractivity contribution in [1.29, 1.82) is 0 Å². The smallest absolute Gasteiger partial charge is 0.257 e. The standard InChI is InChI=1S/C10H19N5O4/c1-3-12-10(19)9(11)15-8(18)5-14-7(17)4-13-6(2)16/h9H,3-5,11H2,1-2H3,(H,12,19)(H,13,16)(H,14,17)(H,15,18). The number of hydrogen-bond acceptors (Lipinski definition) is 5. The van der Waals surface area contributed by atoms with Crippen LogP contribution in [0.3, 0.4) is 0 Å². The van der Waals surface area contributed by atoms with Gasteiger partial charge in [-0.25, -0.2) is 0 Å². The van der Waals surface area contributed by atoms with Crippen molar-refractivity contribution in [3.05, 3.63) is 0 Å². The number of nitrogens with one attached hydrogen (secondary N) is 4. The van der Waals surface area contributed by atoms with E-state index in [0.717, 1.165) is 0 Å². The second-order valence-corrected chi connectivity index (χ2v) is 3.63. The summed E-state index contributed by atoms with van der Waals surface area (Å²) in [6.45, 7) is 2.84. The summed E-state index contributed by atoms with van der Waals surface area (Å²) in [7, 11) is 0. The van der Waals surface area contributed by atoms with E-state index in [1.54, 1.807) is 6.92 Å². The summed E-state index contributed by atoms with van der Waals surface area (Å²) in [6.07, 6.45) is -1.17. The molecule has 0 aromatic carbocycles. The van der Waals surface area contributed by atoms with Crippen molar-refractivity contribution in [3.63, 3.8) is 0 Å². The molecule has 0 aromatic heterocycles. The first kappa shape index (κ1) is 16.8. The summed E-state index contributed by atoms with van der Waals surface area (Å²) >= 11 is 0. The molecule has 0 heterocycles. The van der Waals surface area contributed by atoms with Crippen LogP contribution in [0.15, 0.2) is 0 Å². The van der Waals surface area contributed by atoms with E-state index >= 15 is 0 Å². The summed E-state index contributed by atoms with van der Waals surface area (Å²) in [5.41, 5.74) is 5.40. The van der Waals surface area contributed by atoms with Gasteiger partial charge in [-0.15, -0.1) is 0 Å². The number of carbonyl (C=O) groups is 4. The zero-order valence-electron chi connectivity index (χ0n) is 10.9. The molecule has 19 heavy (non-hydrogen) atoms. The molecule has 0 saturated carbocycles. The van der Waals surface area contributed by atoms with Gasteiger partial charge in [-0.2, -0.15) is 0 Å². The van der Waals surface area contributed by atoms with Gasteiger partial charge in [0.15, 0.2) is 6.17 Å². The number of nitrogens with two attached hydrogens (primary N) is 1. The van der Waals surface area contributed by atoms with E-state index in [2.05, 4.69) is 21.3 Å². The molecule has 108 valence electrons. The summed E-state index contributed by atoms with van der Waals surface area (Å²) in [4.78, 5) is 44.2. The second-order valence-electron chi connectivity index (χ2n) is 3.63. The molecule has 0 aromatic rings. The highest BCUT2D eigenvalue weighted by Gasteiger charge is 2.15. The molecule has 9 heteroatoms. The second kappa shape index (κ2) is 8.86. The maximum Gasteiger partial charge on any atom is 0.257 e. The molecule has 9 nitrogen and oxygen atoms in total. The van der Waals surface area contributed by atoms with Gasteiger partial charge < -0.3 is 27.0 Å². The normalized spacial score (nSPS) is 11.1. The molecule has 0 aliphatic heterocycles. The SMILES string of the molecule is CCNC(=O)C(N)NC(=O)CNC(=O)CNC(C)=O. The Morgan fingerprint density at radius 1 is 1.00 bits per heavy atom. The van der Waals surface area contributed by atoms with Crippen LogP contribution < -0.4 is 27.0 Å². The van der Waals surface area contributed by atoms with Gasteiger partial charge in [0.1, 0.15) is 0 Å². The molecule has 1 atom stereocenters. The quantitative estimate of drug-likeness (QED) is 0.310. The van der Waals surface area contributed by atoms with E-state index in [-0.39, 0.29) is 19.0 Å². The Bertz CT molecular complexity index is 358. The zero-order chi connectivity index (χ0) is 14.8. The predicted molar refractivity (Wildman–Crippen MR) is 66.5 cm³/mol. The van der Waals surface area contributed by atoms with E-state index in [4.69, 9.17) is 5.73 Å². The first-order valence-electron chi connectivity index (χ1n) is 5.70. The molecular formula is C10H19N5O4. The van der Waals surface area contributed by atoms with Gasteiger partial charge in [0.05, 0.1) is 13.1 Å². The lowest BCUT2D eigenvalue weighted by Crippen LogP contribution is -2.54. The Kier molecular flexibility index (Phi) is 7.85. The van der Waals surface area contributed by atoms with Crippen molar-refractivity contribution >= 4 is 23.6 Å². The predicted octanol–water partition coefficient (Wildman–Crippen LogP) is -3.22. The molecule has 0 bridgehead atoms. The lowest BCUT2D eigenvalue weighted by atomic mass is 10.4. The summed E-state index contributed by atoms with van der Waals surface area (Å²) < 4.78 is 0. The Labute approximate surface area is 110 Å². The van der Waals surface area contributed by atoms with Gasteiger partial charge in [0.2, 0.25) is 17.7 Å². The van der Waals surface area contributed by atoms with Crippen LogP contribution in [0, 0.1) is 0 Å². The first-order valence-corrected chi connectivity index (χ1v) is 5.70. The maximum absolute atomic E-state index is 11.3. The van der Waals surface area contributed by atoms with Crippen LogP contribution in [0.25, 0.3) is 0 Å². The largest absolute Gasteiger partial charge is 0.353 e. The summed E-state index contributed by atoms with van der Waals surface area (Å²) in [5.74, 6) is -1.98. The van der Waals surface area contributed by atoms with Gasteiger partial charge in [0, 0.05) is 13.5 Å². The summed E-state index contributed by atoms with van der Waals surface area (Å²) in [6, 6.07) is 0. The number of carbonyl (C=O) groups excluding carboxylic acids is 4. The zero-order valence-corrected chi connectivity index (χ0v) is 10.9. The van der Waals surface area contributed by atoms with Crippen molar-refractivity contribution in [2.24, 2.45) is 5.73 Å². The van der Waals surface area contributed by atoms with Crippen LogP contribution in [-0.2, 0) is 19.2 Å². The highest BCUT2D eigenvalue weighted by molar-refractivity contribution is 5.90. The fourth-order valence-corrected chi connectivity index (χ4v) is 1.02. The average Bonchev–Trinajstić information content (AvgIpc) is 2.34. The van der Waals surface area contributed by atoms with E-state index < -0.39 is 23.9 Å². The minimum atomic E-state index is -1.17. The Morgan fingerprint density at radius 3 is 2.11 bits per heavy atom. The Balaban J connectivity index is 3.89. The monoisotopic (exact) mass is 273 g/mol. The van der Waals surface area contributed by atoms with Gasteiger partial charge in [-0.1, -0.05) is 0 Å². The Morgan fingerprint density at radius 2 is 1.58 bits per heavy atom. The third kappa shape index (κ3) is 8.55. The van der Waals surface area contributed by atoms with E-state index in [0.29, 0.717) is 6.54 Å². The van der Waals surface area contributed by atoms with Crippen molar-refractivity contribution in [1.82, 2.24) is 21.3 Å². The lowest BCUT2D eigenvalue weighted by molar-refractivity contribution is -0.130. The highest BCUT2D eigenvalue weighted by Crippen LogP contribution is 1.75. The van der Waals surface area contributed by atoms with Crippen molar-refractivity contribution in [2.45, 2.75) is 20.0 Å². The number of hydrogen-bond donors (Lipinski definition) is 5. The highest BCUT2D eigenvalue weighted by atomic mass is 16.2. The molecule has 0 saturated heterocycles. The molecule has 0 rings (SSSR count). The van der Waals surface area contributed by atoms with Crippen LogP contribution in [0.1, 0.15) is 13.8 Å². The lowest BCUT2D eigenvalue weighted by Gasteiger charge is -2.13.